The zero-order chi connectivity index (χ0) is 17.7. The van der Waals surface area contributed by atoms with Crippen LogP contribution in [0.2, 0.25) is 0 Å². The number of hydrogen-bond donors (Lipinski definition) is 2. The summed E-state index contributed by atoms with van der Waals surface area (Å²) in [5.41, 5.74) is 0.485. The van der Waals surface area contributed by atoms with Crippen LogP contribution >= 0.6 is 23.1 Å². The molecule has 5 nitrogen and oxygen atoms in total. The lowest BCUT2D eigenvalue weighted by molar-refractivity contribution is -0.115. The van der Waals surface area contributed by atoms with Gasteiger partial charge in [0.15, 0.2) is 4.34 Å². The third kappa shape index (κ3) is 5.76. The number of benzene rings is 1. The highest BCUT2D eigenvalue weighted by Crippen LogP contribution is 2.32. The molecule has 0 bridgehead atoms. The number of rotatable bonds is 6. The molecule has 0 radical (unpaired) electrons. The Balaban J connectivity index is 1.98. The first-order chi connectivity index (χ1) is 11.3. The van der Waals surface area contributed by atoms with E-state index in [9.17, 15) is 9.18 Å². The second kappa shape index (κ2) is 7.94. The van der Waals surface area contributed by atoms with Crippen molar-refractivity contribution in [2.24, 2.45) is 0 Å². The second-order valence-corrected chi connectivity index (χ2v) is 8.69. The predicted molar refractivity (Wildman–Crippen MR) is 98.3 cm³/mol. The summed E-state index contributed by atoms with van der Waals surface area (Å²) >= 11 is 2.81. The van der Waals surface area contributed by atoms with Crippen molar-refractivity contribution in [2.45, 2.75) is 49.2 Å². The zero-order valence-electron chi connectivity index (χ0n) is 14.1. The number of nitrogens with one attached hydrogen (secondary N) is 2. The van der Waals surface area contributed by atoms with Crippen molar-refractivity contribution in [1.82, 2.24) is 10.2 Å². The van der Waals surface area contributed by atoms with Crippen molar-refractivity contribution < 1.29 is 9.18 Å². The largest absolute Gasteiger partial charge is 0.355 e. The molecule has 1 heterocycles. The fraction of sp³-hybridized carbons (Fsp3) is 0.438. The summed E-state index contributed by atoms with van der Waals surface area (Å²) in [7, 11) is 0. The second-order valence-electron chi connectivity index (χ2n) is 6.26. The van der Waals surface area contributed by atoms with Crippen LogP contribution in [-0.2, 0) is 4.79 Å². The average molecular weight is 369 g/mol. The Morgan fingerprint density at radius 2 is 1.96 bits per heavy atom. The van der Waals surface area contributed by atoms with Gasteiger partial charge in [0.05, 0.1) is 5.25 Å². The Hall–Kier alpha value is -1.67. The first-order valence-electron chi connectivity index (χ1n) is 7.61. The first kappa shape index (κ1) is 18.7. The molecule has 130 valence electrons. The number of aromatic nitrogens is 2. The first-order valence-corrected chi connectivity index (χ1v) is 9.31. The van der Waals surface area contributed by atoms with E-state index in [-0.39, 0.29) is 22.5 Å². The van der Waals surface area contributed by atoms with E-state index in [1.54, 1.807) is 12.1 Å². The van der Waals surface area contributed by atoms with Crippen molar-refractivity contribution >= 4 is 39.8 Å². The molecule has 0 fully saturated rings. The van der Waals surface area contributed by atoms with Gasteiger partial charge in [0.1, 0.15) is 5.82 Å². The van der Waals surface area contributed by atoms with Crippen LogP contribution in [0.5, 0.6) is 0 Å². The van der Waals surface area contributed by atoms with Gasteiger partial charge >= 0.3 is 0 Å². The third-order valence-electron chi connectivity index (χ3n) is 2.91. The highest BCUT2D eigenvalue weighted by molar-refractivity contribution is 8.02. The van der Waals surface area contributed by atoms with Crippen LogP contribution in [0.3, 0.4) is 0 Å². The molecule has 24 heavy (non-hydrogen) atoms. The highest BCUT2D eigenvalue weighted by atomic mass is 32.2. The fourth-order valence-electron chi connectivity index (χ4n) is 1.83. The molecule has 0 aliphatic rings. The maximum atomic E-state index is 12.9. The van der Waals surface area contributed by atoms with E-state index in [0.717, 1.165) is 9.47 Å². The van der Waals surface area contributed by atoms with Gasteiger partial charge in [-0.15, -0.1) is 10.2 Å². The molecule has 0 spiro atoms. The Labute approximate surface area is 149 Å². The number of carbonyl (C=O) groups is 1. The minimum absolute atomic E-state index is 0.0917. The van der Waals surface area contributed by atoms with E-state index in [1.807, 2.05) is 27.7 Å². The lowest BCUT2D eigenvalue weighted by Crippen LogP contribution is -2.25. The lowest BCUT2D eigenvalue weighted by Gasteiger charge is -2.18. The molecule has 0 saturated heterocycles. The predicted octanol–water partition coefficient (Wildman–Crippen LogP) is 4.40. The molecule has 1 amide bonds. The average Bonchev–Trinajstić information content (AvgIpc) is 2.92. The number of hydrogen-bond acceptors (Lipinski definition) is 6. The lowest BCUT2D eigenvalue weighted by atomic mass is 10.1. The fourth-order valence-corrected chi connectivity index (χ4v) is 3.96. The molecule has 1 aromatic carbocycles. The van der Waals surface area contributed by atoms with Gasteiger partial charge < -0.3 is 10.6 Å². The SMILES string of the molecule is CCC(Sc1nnc(NC(C)(C)C)s1)C(=O)Nc1ccc(F)cc1. The van der Waals surface area contributed by atoms with Crippen molar-refractivity contribution in [3.05, 3.63) is 30.1 Å². The maximum Gasteiger partial charge on any atom is 0.237 e. The normalized spacial score (nSPS) is 12.7. The summed E-state index contributed by atoms with van der Waals surface area (Å²) in [6.07, 6.45) is 0.652. The number of anilines is 2. The molecule has 0 saturated carbocycles. The van der Waals surface area contributed by atoms with Crippen LogP contribution in [0.15, 0.2) is 28.6 Å². The number of amides is 1. The topological polar surface area (TPSA) is 66.9 Å². The van der Waals surface area contributed by atoms with E-state index < -0.39 is 0 Å². The van der Waals surface area contributed by atoms with Gasteiger partial charge in [0.2, 0.25) is 11.0 Å². The van der Waals surface area contributed by atoms with E-state index in [2.05, 4.69) is 20.8 Å². The van der Waals surface area contributed by atoms with Crippen LogP contribution < -0.4 is 10.6 Å². The molecule has 2 rings (SSSR count). The number of carbonyl (C=O) groups excluding carboxylic acids is 1. The summed E-state index contributed by atoms with van der Waals surface area (Å²) in [5, 5.41) is 14.7. The molecule has 2 aromatic rings. The summed E-state index contributed by atoms with van der Waals surface area (Å²) < 4.78 is 13.7. The van der Waals surface area contributed by atoms with Gasteiger partial charge in [-0.3, -0.25) is 4.79 Å². The summed E-state index contributed by atoms with van der Waals surface area (Å²) in [6, 6.07) is 5.72. The van der Waals surface area contributed by atoms with Crippen LogP contribution in [0, 0.1) is 5.82 Å². The Kier molecular flexibility index (Phi) is 6.17. The summed E-state index contributed by atoms with van der Waals surface area (Å²) in [4.78, 5) is 12.4. The standard InChI is InChI=1S/C16H21FN4OS2/c1-5-12(13(22)18-11-8-6-10(17)7-9-11)23-15-21-20-14(24-15)19-16(2,3)4/h6-9,12H,5H2,1-4H3,(H,18,22)(H,19,20). The van der Waals surface area contributed by atoms with Gasteiger partial charge in [-0.2, -0.15) is 0 Å². The molecule has 1 aromatic heterocycles. The molecule has 0 aliphatic carbocycles. The van der Waals surface area contributed by atoms with Gasteiger partial charge in [0.25, 0.3) is 0 Å². The van der Waals surface area contributed by atoms with Crippen LogP contribution in [-0.4, -0.2) is 26.9 Å². The van der Waals surface area contributed by atoms with Crippen molar-refractivity contribution in [3.8, 4) is 0 Å². The number of thioether (sulfide) groups is 1. The van der Waals surface area contributed by atoms with Crippen molar-refractivity contribution in [1.29, 1.82) is 0 Å². The van der Waals surface area contributed by atoms with E-state index in [0.29, 0.717) is 12.1 Å². The molecule has 1 unspecified atom stereocenters. The zero-order valence-corrected chi connectivity index (χ0v) is 15.7. The van der Waals surface area contributed by atoms with Crippen LogP contribution in [0.4, 0.5) is 15.2 Å². The minimum Gasteiger partial charge on any atom is -0.355 e. The van der Waals surface area contributed by atoms with Gasteiger partial charge in [0, 0.05) is 11.2 Å². The van der Waals surface area contributed by atoms with Gasteiger partial charge in [-0.1, -0.05) is 30.0 Å². The Bertz CT molecular complexity index is 682. The Morgan fingerprint density at radius 1 is 1.29 bits per heavy atom. The summed E-state index contributed by atoms with van der Waals surface area (Å²) in [5.74, 6) is -0.461. The molecule has 8 heteroatoms. The number of halogens is 1. The summed E-state index contributed by atoms with van der Waals surface area (Å²) in [6.45, 7) is 8.09. The van der Waals surface area contributed by atoms with Crippen LogP contribution in [0.25, 0.3) is 0 Å². The van der Waals surface area contributed by atoms with E-state index >= 15 is 0 Å². The van der Waals surface area contributed by atoms with Gasteiger partial charge in [-0.05, 0) is 51.5 Å². The van der Waals surface area contributed by atoms with Gasteiger partial charge in [-0.25, -0.2) is 4.39 Å². The maximum absolute atomic E-state index is 12.9. The Morgan fingerprint density at radius 3 is 2.54 bits per heavy atom. The van der Waals surface area contributed by atoms with E-state index in [1.165, 1.54) is 35.2 Å². The van der Waals surface area contributed by atoms with Crippen LogP contribution in [0.1, 0.15) is 34.1 Å². The third-order valence-corrected chi connectivity index (χ3v) is 5.19. The van der Waals surface area contributed by atoms with Crippen molar-refractivity contribution in [2.75, 3.05) is 10.6 Å². The number of nitrogens with zero attached hydrogens (tertiary/aromatic N) is 2. The monoisotopic (exact) mass is 368 g/mol. The molecule has 2 N–H and O–H groups in total. The van der Waals surface area contributed by atoms with Crippen molar-refractivity contribution in [3.63, 3.8) is 0 Å². The minimum atomic E-state index is -0.331. The van der Waals surface area contributed by atoms with E-state index in [4.69, 9.17) is 0 Å². The molecule has 1 atom stereocenters. The quantitative estimate of drug-likeness (QED) is 0.740. The molecular formula is C16H21FN4OS2. The molecular weight excluding hydrogens is 347 g/mol. The molecule has 0 aliphatic heterocycles. The smallest absolute Gasteiger partial charge is 0.237 e. The highest BCUT2D eigenvalue weighted by Gasteiger charge is 2.21.